The molecule has 0 saturated heterocycles. The van der Waals surface area contributed by atoms with Crippen LogP contribution in [0.15, 0.2) is 12.1 Å². The van der Waals surface area contributed by atoms with Crippen LogP contribution >= 0.6 is 0 Å². The van der Waals surface area contributed by atoms with E-state index < -0.39 is 0 Å². The van der Waals surface area contributed by atoms with Gasteiger partial charge >= 0.3 is 0 Å². The van der Waals surface area contributed by atoms with Crippen molar-refractivity contribution in [3.8, 4) is 12.3 Å². The molecule has 1 aromatic heterocycles. The SMILES string of the molecule is C#CCC(NCC)c1cc(C)nc(C)c1. The van der Waals surface area contributed by atoms with E-state index in [1.807, 2.05) is 13.8 Å². The minimum Gasteiger partial charge on any atom is -0.309 e. The minimum absolute atomic E-state index is 0.250. The van der Waals surface area contributed by atoms with Crippen LogP contribution in [0.1, 0.15) is 36.3 Å². The highest BCUT2D eigenvalue weighted by molar-refractivity contribution is 5.24. The predicted molar refractivity (Wildman–Crippen MR) is 63.6 cm³/mol. The van der Waals surface area contributed by atoms with Crippen molar-refractivity contribution in [3.63, 3.8) is 0 Å². The Hall–Kier alpha value is -1.33. The van der Waals surface area contributed by atoms with Crippen molar-refractivity contribution < 1.29 is 0 Å². The van der Waals surface area contributed by atoms with Crippen LogP contribution in [0, 0.1) is 26.2 Å². The number of aryl methyl sites for hydroxylation is 2. The number of nitrogens with zero attached hydrogens (tertiary/aromatic N) is 1. The summed E-state index contributed by atoms with van der Waals surface area (Å²) in [5.41, 5.74) is 3.33. The van der Waals surface area contributed by atoms with Gasteiger partial charge in [-0.2, -0.15) is 0 Å². The Morgan fingerprint density at radius 1 is 1.40 bits per heavy atom. The third-order valence-corrected chi connectivity index (χ3v) is 2.28. The molecule has 1 N–H and O–H groups in total. The van der Waals surface area contributed by atoms with Crippen LogP contribution < -0.4 is 5.32 Å². The van der Waals surface area contributed by atoms with E-state index in [0.717, 1.165) is 24.4 Å². The first-order valence-corrected chi connectivity index (χ1v) is 5.29. The van der Waals surface area contributed by atoms with Crippen molar-refractivity contribution >= 4 is 0 Å². The second-order valence-electron chi connectivity index (χ2n) is 3.70. The standard InChI is InChI=1S/C13H18N2/c1-5-7-13(14-6-2)12-8-10(3)15-11(4)9-12/h1,8-9,13-14H,6-7H2,2-4H3. The highest BCUT2D eigenvalue weighted by atomic mass is 14.9. The first-order valence-electron chi connectivity index (χ1n) is 5.29. The molecule has 0 saturated carbocycles. The summed E-state index contributed by atoms with van der Waals surface area (Å²) >= 11 is 0. The molecule has 1 atom stereocenters. The predicted octanol–water partition coefficient (Wildman–Crippen LogP) is 2.37. The second kappa shape index (κ2) is 5.53. The summed E-state index contributed by atoms with van der Waals surface area (Å²) in [4.78, 5) is 4.36. The van der Waals surface area contributed by atoms with Crippen molar-refractivity contribution in [3.05, 3.63) is 29.1 Å². The third kappa shape index (κ3) is 3.38. The lowest BCUT2D eigenvalue weighted by Crippen LogP contribution is -2.20. The third-order valence-electron chi connectivity index (χ3n) is 2.28. The lowest BCUT2D eigenvalue weighted by molar-refractivity contribution is 0.564. The van der Waals surface area contributed by atoms with E-state index >= 15 is 0 Å². The van der Waals surface area contributed by atoms with Gasteiger partial charge in [-0.15, -0.1) is 12.3 Å². The molecule has 80 valence electrons. The molecule has 0 aromatic carbocycles. The van der Waals surface area contributed by atoms with Gasteiger partial charge in [0.1, 0.15) is 0 Å². The fourth-order valence-electron chi connectivity index (χ4n) is 1.74. The smallest absolute Gasteiger partial charge is 0.0432 e. The highest BCUT2D eigenvalue weighted by Gasteiger charge is 2.09. The van der Waals surface area contributed by atoms with E-state index in [-0.39, 0.29) is 6.04 Å². The van der Waals surface area contributed by atoms with Gasteiger partial charge in [0.2, 0.25) is 0 Å². The Balaban J connectivity index is 2.95. The normalized spacial score (nSPS) is 12.1. The van der Waals surface area contributed by atoms with Crippen molar-refractivity contribution in [1.82, 2.24) is 10.3 Å². The van der Waals surface area contributed by atoms with Crippen LogP contribution in [-0.4, -0.2) is 11.5 Å². The van der Waals surface area contributed by atoms with Crippen LogP contribution in [0.25, 0.3) is 0 Å². The molecule has 0 fully saturated rings. The molecule has 1 heterocycles. The molecule has 2 heteroatoms. The van der Waals surface area contributed by atoms with Gasteiger partial charge in [0.05, 0.1) is 0 Å². The quantitative estimate of drug-likeness (QED) is 0.758. The second-order valence-corrected chi connectivity index (χ2v) is 3.70. The number of hydrogen-bond acceptors (Lipinski definition) is 2. The van der Waals surface area contributed by atoms with Gasteiger partial charge in [0, 0.05) is 23.9 Å². The van der Waals surface area contributed by atoms with Crippen molar-refractivity contribution in [2.75, 3.05) is 6.54 Å². The number of rotatable bonds is 4. The summed E-state index contributed by atoms with van der Waals surface area (Å²) in [5.74, 6) is 2.71. The van der Waals surface area contributed by atoms with E-state index in [2.05, 4.69) is 35.3 Å². The molecule has 1 rings (SSSR count). The summed E-state index contributed by atoms with van der Waals surface area (Å²) in [6.07, 6.45) is 6.09. The number of terminal acetylenes is 1. The van der Waals surface area contributed by atoms with Crippen LogP contribution in [0.3, 0.4) is 0 Å². The average molecular weight is 202 g/mol. The largest absolute Gasteiger partial charge is 0.309 e. The molecular formula is C13H18N2. The Kier molecular flexibility index (Phi) is 4.33. The summed E-state index contributed by atoms with van der Waals surface area (Å²) in [6, 6.07) is 4.44. The molecule has 0 radical (unpaired) electrons. The van der Waals surface area contributed by atoms with Crippen LogP contribution in [0.2, 0.25) is 0 Å². The van der Waals surface area contributed by atoms with Gasteiger partial charge in [0.15, 0.2) is 0 Å². The average Bonchev–Trinajstić information content (AvgIpc) is 2.16. The maximum atomic E-state index is 5.37. The molecule has 0 amide bonds. The molecule has 1 unspecified atom stereocenters. The van der Waals surface area contributed by atoms with E-state index in [9.17, 15) is 0 Å². The summed E-state index contributed by atoms with van der Waals surface area (Å²) < 4.78 is 0. The number of nitrogens with one attached hydrogen (secondary N) is 1. The fraction of sp³-hybridized carbons (Fsp3) is 0.462. The van der Waals surface area contributed by atoms with Crippen LogP contribution in [0.4, 0.5) is 0 Å². The zero-order valence-electron chi connectivity index (χ0n) is 9.67. The van der Waals surface area contributed by atoms with Crippen molar-refractivity contribution in [1.29, 1.82) is 0 Å². The molecule has 0 bridgehead atoms. The van der Waals surface area contributed by atoms with Crippen molar-refractivity contribution in [2.45, 2.75) is 33.2 Å². The highest BCUT2D eigenvalue weighted by Crippen LogP contribution is 2.17. The first kappa shape index (κ1) is 11.7. The van der Waals surface area contributed by atoms with Gasteiger partial charge in [-0.05, 0) is 38.1 Å². The minimum atomic E-state index is 0.250. The van der Waals surface area contributed by atoms with Crippen LogP contribution in [0.5, 0.6) is 0 Å². The Morgan fingerprint density at radius 3 is 2.47 bits per heavy atom. The molecular weight excluding hydrogens is 184 g/mol. The van der Waals surface area contributed by atoms with E-state index in [1.54, 1.807) is 0 Å². The Morgan fingerprint density at radius 2 is 2.00 bits per heavy atom. The van der Waals surface area contributed by atoms with Gasteiger partial charge < -0.3 is 5.32 Å². The lowest BCUT2D eigenvalue weighted by atomic mass is 10.0. The number of aromatic nitrogens is 1. The summed E-state index contributed by atoms with van der Waals surface area (Å²) in [6.45, 7) is 7.03. The van der Waals surface area contributed by atoms with Gasteiger partial charge in [-0.1, -0.05) is 6.92 Å². The molecule has 2 nitrogen and oxygen atoms in total. The zero-order chi connectivity index (χ0) is 11.3. The molecule has 15 heavy (non-hydrogen) atoms. The van der Waals surface area contributed by atoms with E-state index in [0.29, 0.717) is 0 Å². The fourth-order valence-corrected chi connectivity index (χ4v) is 1.74. The summed E-state index contributed by atoms with van der Waals surface area (Å²) in [7, 11) is 0. The lowest BCUT2D eigenvalue weighted by Gasteiger charge is -2.16. The van der Waals surface area contributed by atoms with Gasteiger partial charge in [0.25, 0.3) is 0 Å². The number of hydrogen-bond donors (Lipinski definition) is 1. The molecule has 0 aliphatic heterocycles. The van der Waals surface area contributed by atoms with E-state index in [4.69, 9.17) is 6.42 Å². The molecule has 1 aromatic rings. The van der Waals surface area contributed by atoms with E-state index in [1.165, 1.54) is 5.56 Å². The molecule has 0 spiro atoms. The maximum Gasteiger partial charge on any atom is 0.0432 e. The number of pyridine rings is 1. The van der Waals surface area contributed by atoms with Crippen molar-refractivity contribution in [2.24, 2.45) is 0 Å². The summed E-state index contributed by atoms with van der Waals surface area (Å²) in [5, 5.41) is 3.38. The van der Waals surface area contributed by atoms with Gasteiger partial charge in [-0.3, -0.25) is 4.98 Å². The topological polar surface area (TPSA) is 24.9 Å². The maximum absolute atomic E-state index is 5.37. The molecule has 0 aliphatic carbocycles. The van der Waals surface area contributed by atoms with Gasteiger partial charge in [-0.25, -0.2) is 0 Å². The Labute approximate surface area is 92.1 Å². The molecule has 0 aliphatic rings. The monoisotopic (exact) mass is 202 g/mol. The Bertz CT molecular complexity index is 343. The zero-order valence-corrected chi connectivity index (χ0v) is 9.67. The first-order chi connectivity index (χ1) is 7.17. The van der Waals surface area contributed by atoms with Crippen LogP contribution in [-0.2, 0) is 0 Å².